The Morgan fingerprint density at radius 3 is 2.94 bits per heavy atom. The van der Waals surface area contributed by atoms with Crippen LogP contribution in [-0.4, -0.2) is 0 Å². The highest BCUT2D eigenvalue weighted by Gasteiger charge is 2.14. The first-order valence-electron chi connectivity index (χ1n) is 6.74. The number of hydrogen-bond acceptors (Lipinski definition) is 1. The van der Waals surface area contributed by atoms with Crippen LogP contribution in [0.1, 0.15) is 37.3 Å². The van der Waals surface area contributed by atoms with Crippen molar-refractivity contribution in [2.75, 3.05) is 0 Å². The Kier molecular flexibility index (Phi) is 3.33. The van der Waals surface area contributed by atoms with Crippen molar-refractivity contribution >= 4 is 16.9 Å². The van der Waals surface area contributed by atoms with Gasteiger partial charge < -0.3 is 0 Å². The molecule has 0 nitrogen and oxygen atoms in total. The molecule has 0 saturated carbocycles. The van der Waals surface area contributed by atoms with Crippen molar-refractivity contribution in [2.45, 2.75) is 32.6 Å². The van der Waals surface area contributed by atoms with Crippen LogP contribution in [0.5, 0.6) is 0 Å². The molecule has 0 aliphatic heterocycles. The summed E-state index contributed by atoms with van der Waals surface area (Å²) in [7, 11) is 0. The Morgan fingerprint density at radius 2 is 2.17 bits per heavy atom. The lowest BCUT2D eigenvalue weighted by Crippen LogP contribution is -2.01. The van der Waals surface area contributed by atoms with Crippen LogP contribution in [0.25, 0.3) is 16.0 Å². The number of hydrogen-bond donors (Lipinski definition) is 0. The lowest BCUT2D eigenvalue weighted by molar-refractivity contribution is 0.820. The van der Waals surface area contributed by atoms with Gasteiger partial charge in [-0.05, 0) is 65.5 Å². The maximum Gasteiger partial charge on any atom is 0.0342 e. The number of benzene rings is 1. The molecule has 2 aromatic rings. The largest absolute Gasteiger partial charge is 0.144 e. The molecule has 0 fully saturated rings. The highest BCUT2D eigenvalue weighted by Crippen LogP contribution is 2.35. The first-order valence-corrected chi connectivity index (χ1v) is 7.62. The molecule has 18 heavy (non-hydrogen) atoms. The van der Waals surface area contributed by atoms with Crippen molar-refractivity contribution in [3.8, 4) is 10.4 Å². The minimum atomic E-state index is 1.14. The smallest absolute Gasteiger partial charge is 0.0342 e. The average molecular weight is 254 g/mol. The highest BCUT2D eigenvalue weighted by molar-refractivity contribution is 7.13. The van der Waals surface area contributed by atoms with E-state index in [4.69, 9.17) is 0 Å². The molecule has 0 unspecified atom stereocenters. The molecule has 0 radical (unpaired) electrons. The van der Waals surface area contributed by atoms with Gasteiger partial charge in [0.15, 0.2) is 0 Å². The van der Waals surface area contributed by atoms with Gasteiger partial charge in [-0.15, -0.1) is 11.3 Å². The lowest BCUT2D eigenvalue weighted by Gasteiger charge is -2.20. The van der Waals surface area contributed by atoms with Crippen LogP contribution >= 0.6 is 11.3 Å². The van der Waals surface area contributed by atoms with Gasteiger partial charge in [0.2, 0.25) is 0 Å². The van der Waals surface area contributed by atoms with E-state index in [9.17, 15) is 0 Å². The molecule has 1 aliphatic rings. The van der Waals surface area contributed by atoms with Gasteiger partial charge in [0.05, 0.1) is 0 Å². The van der Waals surface area contributed by atoms with Crippen LogP contribution in [0.3, 0.4) is 0 Å². The second-order valence-electron chi connectivity index (χ2n) is 4.84. The van der Waals surface area contributed by atoms with E-state index in [0.29, 0.717) is 0 Å². The second kappa shape index (κ2) is 5.11. The van der Waals surface area contributed by atoms with Crippen molar-refractivity contribution in [1.82, 2.24) is 0 Å². The summed E-state index contributed by atoms with van der Waals surface area (Å²) in [4.78, 5) is 1.37. The maximum absolute atomic E-state index is 2.40. The molecule has 0 bridgehead atoms. The number of rotatable bonds is 2. The average Bonchev–Trinajstić information content (AvgIpc) is 2.93. The van der Waals surface area contributed by atoms with Crippen molar-refractivity contribution in [2.24, 2.45) is 0 Å². The third-order valence-electron chi connectivity index (χ3n) is 3.60. The first-order chi connectivity index (χ1) is 8.88. The van der Waals surface area contributed by atoms with Gasteiger partial charge in [0.1, 0.15) is 0 Å². The zero-order chi connectivity index (χ0) is 12.4. The van der Waals surface area contributed by atoms with Crippen LogP contribution in [0.15, 0.2) is 41.8 Å². The van der Waals surface area contributed by atoms with E-state index in [1.807, 2.05) is 11.3 Å². The molecule has 1 aromatic carbocycles. The van der Waals surface area contributed by atoms with Gasteiger partial charge in [0, 0.05) is 4.88 Å². The molecule has 0 N–H and O–H groups in total. The zero-order valence-corrected chi connectivity index (χ0v) is 11.6. The molecule has 0 amide bonds. The van der Waals surface area contributed by atoms with Gasteiger partial charge in [-0.3, -0.25) is 0 Å². The Morgan fingerprint density at radius 1 is 1.22 bits per heavy atom. The molecule has 1 aromatic heterocycles. The first kappa shape index (κ1) is 11.7. The summed E-state index contributed by atoms with van der Waals surface area (Å²) in [5, 5.41) is 2.15. The highest BCUT2D eigenvalue weighted by atomic mass is 32.1. The molecular formula is C17H18S. The van der Waals surface area contributed by atoms with E-state index in [0.717, 1.165) is 6.42 Å². The Balaban J connectivity index is 2.08. The van der Waals surface area contributed by atoms with E-state index in [1.54, 1.807) is 5.57 Å². The predicted molar refractivity (Wildman–Crippen MR) is 81.0 cm³/mol. The molecular weight excluding hydrogens is 236 g/mol. The maximum atomic E-state index is 2.40. The lowest BCUT2D eigenvalue weighted by atomic mass is 9.85. The summed E-state index contributed by atoms with van der Waals surface area (Å²) in [6.45, 7) is 2.23. The van der Waals surface area contributed by atoms with Crippen LogP contribution < -0.4 is 0 Å². The van der Waals surface area contributed by atoms with E-state index in [1.165, 1.54) is 40.8 Å². The summed E-state index contributed by atoms with van der Waals surface area (Å²) in [6.07, 6.45) is 7.32. The van der Waals surface area contributed by atoms with Crippen LogP contribution in [-0.2, 0) is 6.42 Å². The summed E-state index contributed by atoms with van der Waals surface area (Å²) in [6, 6.07) is 11.3. The van der Waals surface area contributed by atoms with Gasteiger partial charge >= 0.3 is 0 Å². The van der Waals surface area contributed by atoms with Crippen LogP contribution in [0.2, 0.25) is 0 Å². The molecule has 0 saturated heterocycles. The topological polar surface area (TPSA) is 0 Å². The van der Waals surface area contributed by atoms with Gasteiger partial charge in [-0.1, -0.05) is 31.2 Å². The Hall–Kier alpha value is -1.34. The van der Waals surface area contributed by atoms with E-state index >= 15 is 0 Å². The fraction of sp³-hybridized carbons (Fsp3) is 0.294. The number of aryl methyl sites for hydroxylation is 1. The fourth-order valence-electron chi connectivity index (χ4n) is 2.75. The van der Waals surface area contributed by atoms with E-state index < -0.39 is 0 Å². The quantitative estimate of drug-likeness (QED) is 0.659. The summed E-state index contributed by atoms with van der Waals surface area (Å²) in [5.41, 5.74) is 5.94. The zero-order valence-electron chi connectivity index (χ0n) is 10.8. The van der Waals surface area contributed by atoms with E-state index in [2.05, 4.69) is 48.7 Å². The van der Waals surface area contributed by atoms with Crippen molar-refractivity contribution < 1.29 is 0 Å². The molecule has 1 heteroatoms. The Labute approximate surface area is 113 Å². The van der Waals surface area contributed by atoms with Crippen molar-refractivity contribution in [1.29, 1.82) is 0 Å². The minimum Gasteiger partial charge on any atom is -0.144 e. The van der Waals surface area contributed by atoms with Crippen molar-refractivity contribution in [3.63, 3.8) is 0 Å². The normalized spacial score (nSPS) is 16.8. The molecule has 0 spiro atoms. The molecule has 92 valence electrons. The van der Waals surface area contributed by atoms with Crippen molar-refractivity contribution in [3.05, 3.63) is 52.9 Å². The summed E-state index contributed by atoms with van der Waals surface area (Å²) >= 11 is 1.82. The predicted octanol–water partition coefficient (Wildman–Crippen LogP) is 5.54. The number of allylic oxidation sites excluding steroid dienone is 2. The minimum absolute atomic E-state index is 1.14. The third kappa shape index (κ3) is 2.15. The number of thiophene rings is 1. The molecule has 3 rings (SSSR count). The standard InChI is InChI=1S/C17H18S/c1-2-5-13-6-3-7-14-9-10-15(12-16(13)14)17-8-4-11-18-17/h4-5,8-12H,2-3,6-7H2,1H3/b13-5+. The van der Waals surface area contributed by atoms with Gasteiger partial charge in [-0.25, -0.2) is 0 Å². The second-order valence-corrected chi connectivity index (χ2v) is 5.79. The summed E-state index contributed by atoms with van der Waals surface area (Å²) in [5.74, 6) is 0. The third-order valence-corrected chi connectivity index (χ3v) is 4.52. The monoisotopic (exact) mass is 254 g/mol. The fourth-order valence-corrected chi connectivity index (χ4v) is 3.48. The van der Waals surface area contributed by atoms with E-state index in [-0.39, 0.29) is 0 Å². The summed E-state index contributed by atoms with van der Waals surface area (Å²) < 4.78 is 0. The number of fused-ring (bicyclic) bond motifs is 1. The van der Waals surface area contributed by atoms with Crippen LogP contribution in [0.4, 0.5) is 0 Å². The molecule has 0 atom stereocenters. The van der Waals surface area contributed by atoms with Gasteiger partial charge in [-0.2, -0.15) is 0 Å². The molecule has 1 aliphatic carbocycles. The SMILES string of the molecule is CC/C=C1\CCCc2ccc(-c3cccs3)cc21. The Bertz CT molecular complexity index is 561. The molecule has 1 heterocycles. The van der Waals surface area contributed by atoms with Crippen LogP contribution in [0, 0.1) is 0 Å². The van der Waals surface area contributed by atoms with Gasteiger partial charge in [0.25, 0.3) is 0 Å².